The summed E-state index contributed by atoms with van der Waals surface area (Å²) in [4.78, 5) is 48.6. The van der Waals surface area contributed by atoms with Gasteiger partial charge in [0.25, 0.3) is 11.8 Å². The number of rotatable bonds is 9. The summed E-state index contributed by atoms with van der Waals surface area (Å²) in [6.07, 6.45) is 1.13. The third-order valence-electron chi connectivity index (χ3n) is 13.1. The van der Waals surface area contributed by atoms with Crippen molar-refractivity contribution in [3.8, 4) is 5.75 Å². The number of hydrogen-bond donors (Lipinski definition) is 1. The number of fused-ring (bicyclic) bond motifs is 2. The summed E-state index contributed by atoms with van der Waals surface area (Å²) in [7, 11) is 1.65. The second-order valence-electron chi connectivity index (χ2n) is 16.3. The van der Waals surface area contributed by atoms with Gasteiger partial charge >= 0.3 is 0 Å². The molecule has 9 heteroatoms. The van der Waals surface area contributed by atoms with Crippen LogP contribution in [-0.4, -0.2) is 60.1 Å². The first-order valence-electron chi connectivity index (χ1n) is 19.7. The molecule has 2 fully saturated rings. The van der Waals surface area contributed by atoms with Crippen LogP contribution in [0.4, 0.5) is 17.1 Å². The van der Waals surface area contributed by atoms with Crippen LogP contribution in [0.25, 0.3) is 10.8 Å². The van der Waals surface area contributed by atoms with E-state index >= 15 is 4.79 Å². The largest absolute Gasteiger partial charge is 0.497 e. The molecule has 9 rings (SSSR count). The van der Waals surface area contributed by atoms with Crippen LogP contribution >= 0.6 is 0 Å². The Balaban J connectivity index is 1.08. The first-order chi connectivity index (χ1) is 27.1. The fourth-order valence-corrected chi connectivity index (χ4v) is 10.4. The molecule has 3 amide bonds. The van der Waals surface area contributed by atoms with Crippen molar-refractivity contribution >= 4 is 45.6 Å². The molecule has 1 spiro atoms. The zero-order valence-electron chi connectivity index (χ0n) is 32.3. The lowest BCUT2D eigenvalue weighted by atomic mass is 9.63. The van der Waals surface area contributed by atoms with E-state index < -0.39 is 17.1 Å². The van der Waals surface area contributed by atoms with Gasteiger partial charge in [-0.05, 0) is 77.2 Å². The highest BCUT2D eigenvalue weighted by Crippen LogP contribution is 2.60. The second-order valence-corrected chi connectivity index (χ2v) is 16.3. The maximum Gasteiger partial charge on any atom is 0.264 e. The van der Waals surface area contributed by atoms with E-state index in [1.54, 1.807) is 16.9 Å². The van der Waals surface area contributed by atoms with Crippen LogP contribution in [0.1, 0.15) is 67.1 Å². The number of nitrogens with zero attached hydrogens (tertiary/aromatic N) is 3. The standard InChI is InChI=1S/C47H47N3O6/c1-29-43(46(2,3)32-20-22-35(55-4)23-21-32)40(26-41(52)48-24-10-15-34(48)28-51)56-47(29)37-17-5-6-18-38(37)49(45(47)54)27-30-11-7-14-33(25-30)50-39-19-9-13-31-12-8-16-36(42(31)39)44(50)53/h5-9,11-14,16-23,25,29,34,40,43,51H,10,15,24,26-28H2,1-4H3/t29-,34-,40+,43-,47+/m0/s1. The van der Waals surface area contributed by atoms with Crippen molar-refractivity contribution in [2.24, 2.45) is 11.8 Å². The molecule has 9 nitrogen and oxygen atoms in total. The summed E-state index contributed by atoms with van der Waals surface area (Å²) >= 11 is 0. The average Bonchev–Trinajstić information content (AvgIpc) is 3.95. The summed E-state index contributed by atoms with van der Waals surface area (Å²) in [5.41, 5.74) is 3.91. The van der Waals surface area contributed by atoms with E-state index in [0.29, 0.717) is 12.1 Å². The minimum atomic E-state index is -1.34. The predicted molar refractivity (Wildman–Crippen MR) is 216 cm³/mol. The molecule has 0 aliphatic carbocycles. The van der Waals surface area contributed by atoms with Crippen molar-refractivity contribution in [1.82, 2.24) is 4.90 Å². The van der Waals surface area contributed by atoms with Gasteiger partial charge in [-0.3, -0.25) is 19.3 Å². The van der Waals surface area contributed by atoms with Gasteiger partial charge in [0.15, 0.2) is 5.60 Å². The number of aliphatic hydroxyl groups is 1. The van der Waals surface area contributed by atoms with Gasteiger partial charge in [-0.25, -0.2) is 0 Å². The molecule has 286 valence electrons. The van der Waals surface area contributed by atoms with Crippen LogP contribution in [-0.2, 0) is 31.9 Å². The molecule has 4 aliphatic rings. The maximum absolute atomic E-state index is 15.3. The third kappa shape index (κ3) is 5.39. The SMILES string of the molecule is COc1ccc(C(C)(C)[C@@H]2[C@@H](CC(=O)N3CCC[C@H]3CO)O[C@]3(C(=O)N(Cc4cccc(N5C(=O)c6cccc7cccc5c67)c4)c4ccccc43)[C@H]2C)cc1. The summed E-state index contributed by atoms with van der Waals surface area (Å²) < 4.78 is 12.7. The number of anilines is 3. The monoisotopic (exact) mass is 749 g/mol. The summed E-state index contributed by atoms with van der Waals surface area (Å²) in [5.74, 6) is -0.104. The number of para-hydroxylation sites is 1. The second kappa shape index (κ2) is 13.6. The van der Waals surface area contributed by atoms with Gasteiger partial charge in [-0.15, -0.1) is 0 Å². The topological polar surface area (TPSA) is 99.6 Å². The molecule has 0 saturated carbocycles. The Morgan fingerprint density at radius 3 is 2.43 bits per heavy atom. The van der Waals surface area contributed by atoms with E-state index in [-0.39, 0.29) is 55.2 Å². The van der Waals surface area contributed by atoms with Crippen molar-refractivity contribution in [3.63, 3.8) is 0 Å². The van der Waals surface area contributed by atoms with Crippen molar-refractivity contribution in [1.29, 1.82) is 0 Å². The van der Waals surface area contributed by atoms with Crippen molar-refractivity contribution in [3.05, 3.63) is 131 Å². The molecule has 5 aromatic rings. The number of carbonyl (C=O) groups is 3. The van der Waals surface area contributed by atoms with Crippen LogP contribution < -0.4 is 14.5 Å². The van der Waals surface area contributed by atoms with Gasteiger partial charge in [-0.2, -0.15) is 0 Å². The molecule has 4 heterocycles. The Bertz CT molecular complexity index is 2370. The first kappa shape index (κ1) is 36.1. The van der Waals surface area contributed by atoms with Crippen LogP contribution in [0.3, 0.4) is 0 Å². The van der Waals surface area contributed by atoms with Crippen molar-refractivity contribution < 1.29 is 29.0 Å². The Morgan fingerprint density at radius 1 is 0.929 bits per heavy atom. The number of amides is 3. The van der Waals surface area contributed by atoms with Gasteiger partial charge in [0, 0.05) is 35.0 Å². The van der Waals surface area contributed by atoms with E-state index in [1.165, 1.54) is 0 Å². The van der Waals surface area contributed by atoms with E-state index in [4.69, 9.17) is 9.47 Å². The highest BCUT2D eigenvalue weighted by Gasteiger charge is 2.66. The van der Waals surface area contributed by atoms with E-state index in [1.807, 2.05) is 102 Å². The number of ether oxygens (including phenoxy) is 2. The average molecular weight is 750 g/mol. The Hall–Kier alpha value is -5.51. The fraction of sp³-hybridized carbons (Fsp3) is 0.340. The Kier molecular flexibility index (Phi) is 8.78. The lowest BCUT2D eigenvalue weighted by Crippen LogP contribution is -2.45. The fourth-order valence-electron chi connectivity index (χ4n) is 10.4. The molecule has 5 atom stereocenters. The number of benzene rings is 5. The number of methoxy groups -OCH3 is 1. The van der Waals surface area contributed by atoms with Crippen LogP contribution in [0, 0.1) is 11.8 Å². The molecule has 4 aliphatic heterocycles. The third-order valence-corrected chi connectivity index (χ3v) is 13.1. The molecule has 0 bridgehead atoms. The number of carbonyl (C=O) groups excluding carboxylic acids is 3. The highest BCUT2D eigenvalue weighted by atomic mass is 16.5. The van der Waals surface area contributed by atoms with Gasteiger partial charge in [-0.1, -0.05) is 87.5 Å². The molecule has 56 heavy (non-hydrogen) atoms. The minimum absolute atomic E-state index is 0.0620. The molecule has 0 aromatic heterocycles. The number of hydrogen-bond acceptors (Lipinski definition) is 6. The highest BCUT2D eigenvalue weighted by molar-refractivity contribution is 6.27. The minimum Gasteiger partial charge on any atom is -0.497 e. The molecule has 0 unspecified atom stereocenters. The summed E-state index contributed by atoms with van der Waals surface area (Å²) in [5, 5.41) is 12.0. The number of aliphatic hydroxyl groups excluding tert-OH is 1. The van der Waals surface area contributed by atoms with E-state index in [9.17, 15) is 14.7 Å². The van der Waals surface area contributed by atoms with E-state index in [2.05, 4.69) is 32.9 Å². The molecule has 5 aromatic carbocycles. The lowest BCUT2D eigenvalue weighted by Gasteiger charge is -2.39. The quantitative estimate of drug-likeness (QED) is 0.165. The Labute approximate surface area is 327 Å². The predicted octanol–water partition coefficient (Wildman–Crippen LogP) is 7.88. The molecule has 1 N–H and O–H groups in total. The Morgan fingerprint density at radius 2 is 1.66 bits per heavy atom. The zero-order valence-corrected chi connectivity index (χ0v) is 32.3. The lowest BCUT2D eigenvalue weighted by molar-refractivity contribution is -0.150. The van der Waals surface area contributed by atoms with Crippen LogP contribution in [0.15, 0.2) is 109 Å². The first-order valence-corrected chi connectivity index (χ1v) is 19.7. The van der Waals surface area contributed by atoms with Crippen LogP contribution in [0.2, 0.25) is 0 Å². The van der Waals surface area contributed by atoms with Crippen molar-refractivity contribution in [2.75, 3.05) is 30.1 Å². The van der Waals surface area contributed by atoms with Gasteiger partial charge in [0.05, 0.1) is 55.8 Å². The summed E-state index contributed by atoms with van der Waals surface area (Å²) in [6.45, 7) is 7.24. The smallest absolute Gasteiger partial charge is 0.264 e. The maximum atomic E-state index is 15.3. The summed E-state index contributed by atoms with van der Waals surface area (Å²) in [6, 6.07) is 35.3. The normalized spacial score (nSPS) is 24.2. The van der Waals surface area contributed by atoms with E-state index in [0.717, 1.165) is 63.1 Å². The van der Waals surface area contributed by atoms with Crippen LogP contribution in [0.5, 0.6) is 5.75 Å². The van der Waals surface area contributed by atoms with Gasteiger partial charge in [0.1, 0.15) is 5.75 Å². The molecular formula is C47H47N3O6. The number of likely N-dealkylation sites (tertiary alicyclic amines) is 1. The van der Waals surface area contributed by atoms with Gasteiger partial charge < -0.3 is 24.4 Å². The van der Waals surface area contributed by atoms with Gasteiger partial charge in [0.2, 0.25) is 5.91 Å². The molecular weight excluding hydrogens is 703 g/mol. The molecule has 0 radical (unpaired) electrons. The van der Waals surface area contributed by atoms with Crippen molar-refractivity contribution in [2.45, 2.75) is 69.7 Å². The molecule has 2 saturated heterocycles. The zero-order chi connectivity index (χ0) is 38.9.